The van der Waals surface area contributed by atoms with Gasteiger partial charge in [-0.3, -0.25) is 0 Å². The molecule has 1 aliphatic heterocycles. The van der Waals surface area contributed by atoms with Crippen LogP contribution in [-0.2, 0) is 24.7 Å². The molecule has 0 bridgehead atoms. The first kappa shape index (κ1) is 15.1. The summed E-state index contributed by atoms with van der Waals surface area (Å²) in [5.41, 5.74) is 0. The Morgan fingerprint density at radius 1 is 0.688 bits per heavy atom. The monoisotopic (exact) mass is 332 g/mol. The summed E-state index contributed by atoms with van der Waals surface area (Å²) in [6, 6.07) is 0. The van der Waals surface area contributed by atoms with Crippen LogP contribution in [0.1, 0.15) is 20.8 Å². The Labute approximate surface area is 110 Å². The summed E-state index contributed by atoms with van der Waals surface area (Å²) in [7, 11) is -6.06. The van der Waals surface area contributed by atoms with Crippen LogP contribution in [-0.4, -0.2) is 59.3 Å². The van der Waals surface area contributed by atoms with E-state index in [1.54, 1.807) is 0 Å². The second-order valence-corrected chi connectivity index (χ2v) is 17.2. The summed E-state index contributed by atoms with van der Waals surface area (Å²) < 4.78 is 33.3. The molecule has 1 fully saturated rings. The minimum Gasteiger partial charge on any atom is -0.425 e. The second kappa shape index (κ2) is 8.21. The predicted molar refractivity (Wildman–Crippen MR) is 76.1 cm³/mol. The highest BCUT2D eigenvalue weighted by atomic mass is 28.4. The molecule has 1 heterocycles. The quantitative estimate of drug-likeness (QED) is 0.423. The molecule has 0 unspecified atom stereocenters. The van der Waals surface area contributed by atoms with Crippen molar-refractivity contribution in [2.24, 2.45) is 0 Å². The molecule has 0 amide bonds. The van der Waals surface area contributed by atoms with E-state index in [4.69, 9.17) is 24.7 Å². The standard InChI is InChI=1S/C4H20O6Si6/c1-4(2,3)16-9-14-7-12-5-11-6-13-8-15-10-16/h16H,11-15H2,1-3H3. The SMILES string of the molecule is CC(C)(C)[SiH]1O[SiH2]O[SiH2]O[SiH2]O[SiH2]O[SiH2]O1. The van der Waals surface area contributed by atoms with E-state index < -0.39 is 59.3 Å². The van der Waals surface area contributed by atoms with Gasteiger partial charge in [-0.1, -0.05) is 20.8 Å². The molecule has 0 aromatic rings. The highest BCUT2D eigenvalue weighted by molar-refractivity contribution is 6.61. The molecule has 96 valence electrons. The van der Waals surface area contributed by atoms with Crippen molar-refractivity contribution >= 4 is 59.3 Å². The number of hydrogen-bond donors (Lipinski definition) is 0. The van der Waals surface area contributed by atoms with Crippen molar-refractivity contribution in [1.29, 1.82) is 0 Å². The summed E-state index contributed by atoms with van der Waals surface area (Å²) in [6.07, 6.45) is 0. The predicted octanol–water partition coefficient (Wildman–Crippen LogP) is -3.89. The Morgan fingerprint density at radius 2 is 1.06 bits per heavy atom. The van der Waals surface area contributed by atoms with Crippen LogP contribution >= 0.6 is 0 Å². The van der Waals surface area contributed by atoms with Gasteiger partial charge < -0.3 is 24.7 Å². The van der Waals surface area contributed by atoms with Crippen molar-refractivity contribution in [1.82, 2.24) is 0 Å². The molecule has 0 saturated carbocycles. The molecule has 1 aliphatic rings. The van der Waals surface area contributed by atoms with E-state index in [0.717, 1.165) is 0 Å². The summed E-state index contributed by atoms with van der Waals surface area (Å²) in [5.74, 6) is 0. The molecule has 0 aromatic carbocycles. The van der Waals surface area contributed by atoms with Gasteiger partial charge in [0.1, 0.15) is 0 Å². The normalized spacial score (nSPS) is 34.3. The van der Waals surface area contributed by atoms with Gasteiger partial charge in [-0.2, -0.15) is 0 Å². The average Bonchev–Trinajstić information content (AvgIpc) is 2.16. The maximum absolute atomic E-state index is 5.81. The van der Waals surface area contributed by atoms with Crippen LogP contribution in [0.15, 0.2) is 0 Å². The number of hydrogen-bond acceptors (Lipinski definition) is 6. The van der Waals surface area contributed by atoms with Gasteiger partial charge in [0.15, 0.2) is 0 Å². The topological polar surface area (TPSA) is 55.4 Å². The van der Waals surface area contributed by atoms with Gasteiger partial charge in [0.25, 0.3) is 50.0 Å². The molecule has 0 aliphatic carbocycles. The first-order valence-corrected chi connectivity index (χ1v) is 12.4. The lowest BCUT2D eigenvalue weighted by Gasteiger charge is -2.29. The first-order valence-electron chi connectivity index (χ1n) is 5.15. The highest BCUT2D eigenvalue weighted by Crippen LogP contribution is 2.27. The van der Waals surface area contributed by atoms with E-state index >= 15 is 0 Å². The lowest BCUT2D eigenvalue weighted by atomic mass is 10.3. The molecular formula is C4H20O6Si6. The summed E-state index contributed by atoms with van der Waals surface area (Å²) >= 11 is 0. The Kier molecular flexibility index (Phi) is 7.76. The van der Waals surface area contributed by atoms with Crippen LogP contribution in [0.5, 0.6) is 0 Å². The van der Waals surface area contributed by atoms with Crippen molar-refractivity contribution in [3.8, 4) is 0 Å². The van der Waals surface area contributed by atoms with E-state index in [0.29, 0.717) is 0 Å². The van der Waals surface area contributed by atoms with Gasteiger partial charge >= 0.3 is 9.28 Å². The number of rotatable bonds is 0. The van der Waals surface area contributed by atoms with E-state index in [1.165, 1.54) is 0 Å². The van der Waals surface area contributed by atoms with Crippen LogP contribution in [0.25, 0.3) is 0 Å². The second-order valence-electron chi connectivity index (χ2n) is 4.44. The Balaban J connectivity index is 2.36. The molecule has 16 heavy (non-hydrogen) atoms. The van der Waals surface area contributed by atoms with E-state index in [9.17, 15) is 0 Å². The van der Waals surface area contributed by atoms with Crippen LogP contribution in [0.2, 0.25) is 5.04 Å². The van der Waals surface area contributed by atoms with Gasteiger partial charge in [0.05, 0.1) is 0 Å². The zero-order valence-corrected chi connectivity index (χ0v) is 18.3. The molecule has 0 spiro atoms. The maximum atomic E-state index is 5.81. The zero-order chi connectivity index (χ0) is 11.9. The molecular weight excluding hydrogens is 313 g/mol. The molecule has 6 nitrogen and oxygen atoms in total. The zero-order valence-electron chi connectivity index (χ0n) is 10.1. The van der Waals surface area contributed by atoms with Gasteiger partial charge in [0, 0.05) is 5.04 Å². The van der Waals surface area contributed by atoms with Crippen LogP contribution in [0.4, 0.5) is 0 Å². The minimum atomic E-state index is -1.65. The molecule has 0 radical (unpaired) electrons. The van der Waals surface area contributed by atoms with Crippen molar-refractivity contribution in [3.05, 3.63) is 0 Å². The Hall–Kier alpha value is 1.06. The van der Waals surface area contributed by atoms with Crippen molar-refractivity contribution in [3.63, 3.8) is 0 Å². The van der Waals surface area contributed by atoms with E-state index in [2.05, 4.69) is 20.8 Å². The molecule has 0 aromatic heterocycles. The van der Waals surface area contributed by atoms with Crippen molar-refractivity contribution in [2.45, 2.75) is 25.8 Å². The first-order chi connectivity index (χ1) is 7.61. The molecule has 0 N–H and O–H groups in total. The van der Waals surface area contributed by atoms with Crippen molar-refractivity contribution < 1.29 is 24.7 Å². The molecule has 1 rings (SSSR count). The largest absolute Gasteiger partial charge is 0.425 e. The Morgan fingerprint density at radius 3 is 1.44 bits per heavy atom. The molecule has 1 saturated heterocycles. The van der Waals surface area contributed by atoms with E-state index in [-0.39, 0.29) is 5.04 Å². The van der Waals surface area contributed by atoms with Gasteiger partial charge in [-0.05, 0) is 0 Å². The van der Waals surface area contributed by atoms with E-state index in [1.807, 2.05) is 0 Å². The fourth-order valence-electron chi connectivity index (χ4n) is 1.08. The van der Waals surface area contributed by atoms with Crippen LogP contribution in [0.3, 0.4) is 0 Å². The van der Waals surface area contributed by atoms with Gasteiger partial charge in [-0.15, -0.1) is 0 Å². The lowest BCUT2D eigenvalue weighted by Crippen LogP contribution is -2.38. The fraction of sp³-hybridized carbons (Fsp3) is 1.00. The Bertz CT molecular complexity index is 176. The average molecular weight is 333 g/mol. The summed E-state index contributed by atoms with van der Waals surface area (Å²) in [4.78, 5) is 0. The third-order valence-corrected chi connectivity index (χ3v) is 12.1. The third kappa shape index (κ3) is 6.71. The molecule has 12 heteroatoms. The van der Waals surface area contributed by atoms with Gasteiger partial charge in [-0.25, -0.2) is 0 Å². The third-order valence-electron chi connectivity index (χ3n) is 1.81. The lowest BCUT2D eigenvalue weighted by molar-refractivity contribution is 0.317. The fourth-order valence-corrected chi connectivity index (χ4v) is 15.5. The van der Waals surface area contributed by atoms with Crippen LogP contribution in [0, 0.1) is 0 Å². The smallest absolute Gasteiger partial charge is 0.308 e. The highest BCUT2D eigenvalue weighted by Gasteiger charge is 2.29. The van der Waals surface area contributed by atoms with Gasteiger partial charge in [0.2, 0.25) is 0 Å². The van der Waals surface area contributed by atoms with Crippen molar-refractivity contribution in [2.75, 3.05) is 0 Å². The summed E-state index contributed by atoms with van der Waals surface area (Å²) in [6.45, 7) is 6.44. The minimum absolute atomic E-state index is 0.0937. The molecule has 0 atom stereocenters. The summed E-state index contributed by atoms with van der Waals surface area (Å²) in [5, 5.41) is 0.0937. The maximum Gasteiger partial charge on any atom is 0.308 e. The van der Waals surface area contributed by atoms with Crippen LogP contribution < -0.4 is 0 Å².